The van der Waals surface area contributed by atoms with Crippen molar-refractivity contribution in [3.05, 3.63) is 23.8 Å². The van der Waals surface area contributed by atoms with E-state index in [-0.39, 0.29) is 0 Å². The van der Waals surface area contributed by atoms with Crippen molar-refractivity contribution >= 4 is 15.7 Å². The lowest BCUT2D eigenvalue weighted by Gasteiger charge is -2.18. The average Bonchev–Trinajstić information content (AvgIpc) is 2.43. The summed E-state index contributed by atoms with van der Waals surface area (Å²) in [5.41, 5.74) is 2.15. The molecule has 0 amide bonds. The van der Waals surface area contributed by atoms with Gasteiger partial charge in [0.25, 0.3) is 0 Å². The maximum atomic E-state index is 12.2. The Bertz CT molecular complexity index is 556. The van der Waals surface area contributed by atoms with Gasteiger partial charge in [-0.1, -0.05) is 0 Å². The molecule has 20 heavy (non-hydrogen) atoms. The van der Waals surface area contributed by atoms with Gasteiger partial charge >= 0.3 is 0 Å². The van der Waals surface area contributed by atoms with E-state index in [9.17, 15) is 8.42 Å². The van der Waals surface area contributed by atoms with E-state index in [1.807, 2.05) is 25.1 Å². The van der Waals surface area contributed by atoms with Gasteiger partial charge in [-0.05, 0) is 63.7 Å². The molecule has 0 atom stereocenters. The Labute approximate surface area is 121 Å². The molecule has 6 heteroatoms. The molecule has 5 nitrogen and oxygen atoms in total. The first-order chi connectivity index (χ1) is 9.49. The fourth-order valence-corrected chi connectivity index (χ4v) is 3.43. The topological polar surface area (TPSA) is 61.4 Å². The number of hydrogen-bond donors (Lipinski definition) is 2. The van der Waals surface area contributed by atoms with Crippen LogP contribution in [0.15, 0.2) is 23.1 Å². The summed E-state index contributed by atoms with van der Waals surface area (Å²) in [6.45, 7) is 2.30. The molecule has 0 bridgehead atoms. The van der Waals surface area contributed by atoms with E-state index >= 15 is 0 Å². The predicted molar refractivity (Wildman–Crippen MR) is 81.6 cm³/mol. The van der Waals surface area contributed by atoms with Crippen LogP contribution in [0.1, 0.15) is 18.4 Å². The molecule has 0 spiro atoms. The molecule has 1 heterocycles. The Kier molecular flexibility index (Phi) is 5.01. The summed E-state index contributed by atoms with van der Waals surface area (Å²) in [7, 11) is 0.566. The van der Waals surface area contributed by atoms with Crippen LogP contribution in [0.3, 0.4) is 0 Å². The van der Waals surface area contributed by atoms with Gasteiger partial charge in [0.2, 0.25) is 10.0 Å². The van der Waals surface area contributed by atoms with Crippen LogP contribution >= 0.6 is 0 Å². The van der Waals surface area contributed by atoms with E-state index in [1.165, 1.54) is 0 Å². The van der Waals surface area contributed by atoms with E-state index in [2.05, 4.69) is 10.0 Å². The molecule has 112 valence electrons. The molecule has 0 saturated carbocycles. The molecule has 1 aromatic carbocycles. The molecule has 0 radical (unpaired) electrons. The molecule has 0 aliphatic carbocycles. The van der Waals surface area contributed by atoms with Gasteiger partial charge in [0.1, 0.15) is 0 Å². The second kappa shape index (κ2) is 6.56. The zero-order valence-corrected chi connectivity index (χ0v) is 13.0. The normalized spacial score (nSPS) is 14.9. The Balaban J connectivity index is 2.02. The van der Waals surface area contributed by atoms with E-state index in [0.29, 0.717) is 11.4 Å². The quantitative estimate of drug-likeness (QED) is 0.777. The van der Waals surface area contributed by atoms with Gasteiger partial charge < -0.3 is 10.2 Å². The molecule has 2 N–H and O–H groups in total. The molecule has 1 aliphatic rings. The van der Waals surface area contributed by atoms with Crippen molar-refractivity contribution in [2.75, 3.05) is 39.0 Å². The van der Waals surface area contributed by atoms with Gasteiger partial charge in [0.15, 0.2) is 0 Å². The van der Waals surface area contributed by atoms with Crippen molar-refractivity contribution in [3.63, 3.8) is 0 Å². The minimum Gasteiger partial charge on any atom is -0.385 e. The van der Waals surface area contributed by atoms with Crippen molar-refractivity contribution in [3.8, 4) is 0 Å². The number of anilines is 1. The van der Waals surface area contributed by atoms with E-state index in [4.69, 9.17) is 0 Å². The Hall–Kier alpha value is -1.11. The summed E-state index contributed by atoms with van der Waals surface area (Å²) in [6, 6.07) is 5.32. The van der Waals surface area contributed by atoms with Gasteiger partial charge in [-0.2, -0.15) is 0 Å². The van der Waals surface area contributed by atoms with Gasteiger partial charge in [0, 0.05) is 18.8 Å². The van der Waals surface area contributed by atoms with E-state index in [1.54, 1.807) is 12.1 Å². The number of rotatable bonds is 6. The number of fused-ring (bicyclic) bond motifs is 1. The van der Waals surface area contributed by atoms with Crippen molar-refractivity contribution in [1.29, 1.82) is 0 Å². The molecule has 0 aromatic heterocycles. The zero-order valence-electron chi connectivity index (χ0n) is 12.1. The zero-order chi connectivity index (χ0) is 14.6. The molecule has 0 saturated heterocycles. The largest absolute Gasteiger partial charge is 0.385 e. The maximum Gasteiger partial charge on any atom is 0.240 e. The molecule has 1 aromatic rings. The Morgan fingerprint density at radius 1 is 1.35 bits per heavy atom. The summed E-state index contributed by atoms with van der Waals surface area (Å²) in [4.78, 5) is 2.41. The Morgan fingerprint density at radius 3 is 2.90 bits per heavy atom. The van der Waals surface area contributed by atoms with Crippen molar-refractivity contribution in [1.82, 2.24) is 9.62 Å². The summed E-state index contributed by atoms with van der Waals surface area (Å²) < 4.78 is 27.1. The summed E-state index contributed by atoms with van der Waals surface area (Å²) in [5.74, 6) is 0. The molecule has 0 fully saturated rings. The lowest BCUT2D eigenvalue weighted by molar-refractivity contribution is 0.400. The smallest absolute Gasteiger partial charge is 0.240 e. The highest BCUT2D eigenvalue weighted by Crippen LogP contribution is 2.24. The molecule has 2 rings (SSSR count). The number of benzene rings is 1. The fraction of sp³-hybridized carbons (Fsp3) is 0.571. The second-order valence-corrected chi connectivity index (χ2v) is 7.17. The highest BCUT2D eigenvalue weighted by Gasteiger charge is 2.16. The number of hydrogen-bond acceptors (Lipinski definition) is 4. The first kappa shape index (κ1) is 15.3. The van der Waals surface area contributed by atoms with Crippen LogP contribution in [0.4, 0.5) is 5.69 Å². The lowest BCUT2D eigenvalue weighted by Crippen LogP contribution is -2.27. The van der Waals surface area contributed by atoms with Crippen LogP contribution < -0.4 is 10.0 Å². The molecule has 1 aliphatic heterocycles. The number of nitrogens with zero attached hydrogens (tertiary/aromatic N) is 1. The standard InChI is InChI=1S/C14H23N3O2S/c1-17(2)10-4-9-16-20(18,19)13-6-7-14-12(11-13)5-3-8-15-14/h6-7,11,15-16H,3-5,8-10H2,1-2H3. The summed E-state index contributed by atoms with van der Waals surface area (Å²) in [5, 5.41) is 3.29. The molecule has 0 unspecified atom stereocenters. The van der Waals surface area contributed by atoms with Crippen LogP contribution in [0.2, 0.25) is 0 Å². The van der Waals surface area contributed by atoms with E-state index < -0.39 is 10.0 Å². The Morgan fingerprint density at radius 2 is 2.15 bits per heavy atom. The van der Waals surface area contributed by atoms with Crippen LogP contribution in [0, 0.1) is 0 Å². The monoisotopic (exact) mass is 297 g/mol. The third-order valence-corrected chi connectivity index (χ3v) is 4.86. The van der Waals surface area contributed by atoms with Gasteiger partial charge in [-0.3, -0.25) is 0 Å². The van der Waals surface area contributed by atoms with Crippen molar-refractivity contribution < 1.29 is 8.42 Å². The van der Waals surface area contributed by atoms with Crippen molar-refractivity contribution in [2.45, 2.75) is 24.2 Å². The van der Waals surface area contributed by atoms with Crippen LogP contribution in [0.5, 0.6) is 0 Å². The predicted octanol–water partition coefficient (Wildman–Crippen LogP) is 1.27. The third kappa shape index (κ3) is 3.94. The second-order valence-electron chi connectivity index (χ2n) is 5.40. The minimum atomic E-state index is -3.39. The first-order valence-electron chi connectivity index (χ1n) is 7.00. The number of nitrogens with one attached hydrogen (secondary N) is 2. The van der Waals surface area contributed by atoms with Crippen LogP contribution in [-0.2, 0) is 16.4 Å². The number of aryl methyl sites for hydroxylation is 1. The van der Waals surface area contributed by atoms with Gasteiger partial charge in [0.05, 0.1) is 4.90 Å². The SMILES string of the molecule is CN(C)CCCNS(=O)(=O)c1ccc2c(c1)CCCN2. The highest BCUT2D eigenvalue weighted by atomic mass is 32.2. The van der Waals surface area contributed by atoms with Crippen LogP contribution in [0.25, 0.3) is 0 Å². The van der Waals surface area contributed by atoms with Crippen molar-refractivity contribution in [2.24, 2.45) is 0 Å². The third-order valence-electron chi connectivity index (χ3n) is 3.40. The first-order valence-corrected chi connectivity index (χ1v) is 8.48. The van der Waals surface area contributed by atoms with Gasteiger partial charge in [-0.25, -0.2) is 13.1 Å². The molecular weight excluding hydrogens is 274 g/mol. The maximum absolute atomic E-state index is 12.2. The summed E-state index contributed by atoms with van der Waals surface area (Å²) in [6.07, 6.45) is 2.79. The average molecular weight is 297 g/mol. The molecular formula is C14H23N3O2S. The van der Waals surface area contributed by atoms with E-state index in [0.717, 1.165) is 43.6 Å². The number of sulfonamides is 1. The minimum absolute atomic E-state index is 0.366. The summed E-state index contributed by atoms with van der Waals surface area (Å²) >= 11 is 0. The lowest BCUT2D eigenvalue weighted by atomic mass is 10.0. The fourth-order valence-electron chi connectivity index (χ4n) is 2.30. The highest BCUT2D eigenvalue weighted by molar-refractivity contribution is 7.89. The van der Waals surface area contributed by atoms with Gasteiger partial charge in [-0.15, -0.1) is 0 Å². The van der Waals surface area contributed by atoms with Crippen LogP contribution in [-0.4, -0.2) is 47.0 Å².